The average Bonchev–Trinajstić information content (AvgIpc) is 2.94. The van der Waals surface area contributed by atoms with Crippen LogP contribution in [0.25, 0.3) is 5.57 Å². The molecule has 1 aliphatic carbocycles. The van der Waals surface area contributed by atoms with E-state index in [-0.39, 0.29) is 0 Å². The molecule has 2 aromatic carbocycles. The van der Waals surface area contributed by atoms with Crippen LogP contribution in [0.15, 0.2) is 72.8 Å². The smallest absolute Gasteiger partial charge is 0.193 e. The van der Waals surface area contributed by atoms with E-state index in [9.17, 15) is 0 Å². The van der Waals surface area contributed by atoms with Crippen molar-refractivity contribution in [2.24, 2.45) is 0 Å². The molecule has 1 unspecified atom stereocenters. The first-order valence-corrected chi connectivity index (χ1v) is 16.0. The topological polar surface area (TPSA) is 9.23 Å². The number of hydrogen-bond donors (Lipinski definition) is 0. The highest BCUT2D eigenvalue weighted by Gasteiger charge is 2.32. The van der Waals surface area contributed by atoms with Crippen molar-refractivity contribution in [1.82, 2.24) is 0 Å². The predicted molar refractivity (Wildman–Crippen MR) is 168 cm³/mol. The third kappa shape index (κ3) is 10.4. The lowest BCUT2D eigenvalue weighted by Crippen LogP contribution is -2.30. The molecule has 0 saturated carbocycles. The van der Waals surface area contributed by atoms with E-state index in [1.54, 1.807) is 0 Å². The zero-order valence-electron chi connectivity index (χ0n) is 23.1. The Morgan fingerprint density at radius 3 is 2.11 bits per heavy atom. The molecule has 2 aromatic rings. The molecule has 3 rings (SSSR count). The van der Waals surface area contributed by atoms with Gasteiger partial charge in [-0.15, -0.1) is 11.8 Å². The molecule has 0 saturated heterocycles. The molecule has 37 heavy (non-hydrogen) atoms. The van der Waals surface area contributed by atoms with E-state index in [0.29, 0.717) is 5.05 Å². The van der Waals surface area contributed by atoms with Crippen LogP contribution in [0.1, 0.15) is 108 Å². The van der Waals surface area contributed by atoms with E-state index in [2.05, 4.69) is 86.7 Å². The molecule has 1 atom stereocenters. The van der Waals surface area contributed by atoms with Crippen LogP contribution in [0.5, 0.6) is 0 Å². The second-order valence-electron chi connectivity index (χ2n) is 10.2. The first-order chi connectivity index (χ1) is 18.2. The Hall–Kier alpha value is -1.84. The van der Waals surface area contributed by atoms with Gasteiger partial charge in [-0.05, 0) is 60.0 Å². The molecular formula is C34H46OS2. The number of rotatable bonds is 17. The van der Waals surface area contributed by atoms with Crippen molar-refractivity contribution in [1.29, 1.82) is 0 Å². The highest BCUT2D eigenvalue weighted by molar-refractivity contribution is 8.00. The molecular weight excluding hydrogens is 489 g/mol. The van der Waals surface area contributed by atoms with Crippen LogP contribution >= 0.6 is 24.0 Å². The summed E-state index contributed by atoms with van der Waals surface area (Å²) in [4.78, 5) is -0.433. The summed E-state index contributed by atoms with van der Waals surface area (Å²) in [5.41, 5.74) is 4.91. The van der Waals surface area contributed by atoms with Crippen LogP contribution in [0.3, 0.4) is 0 Å². The van der Waals surface area contributed by atoms with Gasteiger partial charge in [0.15, 0.2) is 9.98 Å². The van der Waals surface area contributed by atoms with Crippen LogP contribution in [-0.4, -0.2) is 15.7 Å². The molecule has 200 valence electrons. The molecule has 1 nitrogen and oxygen atoms in total. The van der Waals surface area contributed by atoms with Crippen molar-refractivity contribution in [3.63, 3.8) is 0 Å². The Balaban J connectivity index is 1.58. The summed E-state index contributed by atoms with van der Waals surface area (Å²) < 4.78 is 6.62. The summed E-state index contributed by atoms with van der Waals surface area (Å²) in [6.07, 6.45) is 23.2. The third-order valence-corrected chi connectivity index (χ3v) is 8.79. The van der Waals surface area contributed by atoms with E-state index in [0.717, 1.165) is 24.2 Å². The monoisotopic (exact) mass is 534 g/mol. The standard InChI is InChI=1S/C34H46OS2/c1-3-5-7-9-10-13-17-29-20-22-32(23-21-29)33(36)35-34(37-28-16-11-8-6-4-2)26-24-31(25-27-34)30-18-14-12-15-19-30/h12,14-15,18-26H,3-11,13,16-17,27-28H2,1-2H3. The van der Waals surface area contributed by atoms with Gasteiger partial charge in [0.05, 0.1) is 0 Å². The lowest BCUT2D eigenvalue weighted by Gasteiger charge is -2.33. The number of benzene rings is 2. The molecule has 0 aromatic heterocycles. The van der Waals surface area contributed by atoms with Gasteiger partial charge >= 0.3 is 0 Å². The minimum atomic E-state index is -0.433. The zero-order valence-corrected chi connectivity index (χ0v) is 24.7. The van der Waals surface area contributed by atoms with Gasteiger partial charge < -0.3 is 4.74 Å². The van der Waals surface area contributed by atoms with E-state index in [1.807, 2.05) is 11.8 Å². The SMILES string of the molecule is CCCCCCCCc1ccc(C(=S)OC2(SCCCCCCC)C=CC(c3ccccc3)=CC2)cc1. The minimum absolute atomic E-state index is 0.433. The van der Waals surface area contributed by atoms with Gasteiger partial charge in [0.2, 0.25) is 0 Å². The quantitative estimate of drug-likeness (QED) is 0.113. The van der Waals surface area contributed by atoms with Gasteiger partial charge in [0.1, 0.15) is 0 Å². The predicted octanol–water partition coefficient (Wildman–Crippen LogP) is 10.7. The maximum atomic E-state index is 6.62. The third-order valence-electron chi connectivity index (χ3n) is 7.10. The molecule has 0 spiro atoms. The van der Waals surface area contributed by atoms with Crippen molar-refractivity contribution in [3.05, 3.63) is 89.5 Å². The minimum Gasteiger partial charge on any atom is -0.461 e. The molecule has 3 heteroatoms. The molecule has 0 radical (unpaired) electrons. The number of aryl methyl sites for hydroxylation is 1. The number of thiocarbonyl (C=S) groups is 1. The summed E-state index contributed by atoms with van der Waals surface area (Å²) in [5, 5.41) is 0.603. The molecule has 0 aliphatic heterocycles. The Morgan fingerprint density at radius 2 is 1.46 bits per heavy atom. The van der Waals surface area contributed by atoms with E-state index in [4.69, 9.17) is 17.0 Å². The van der Waals surface area contributed by atoms with Crippen molar-refractivity contribution < 1.29 is 4.74 Å². The summed E-state index contributed by atoms with van der Waals surface area (Å²) >= 11 is 7.74. The largest absolute Gasteiger partial charge is 0.461 e. The fourth-order valence-corrected chi connectivity index (χ4v) is 6.28. The van der Waals surface area contributed by atoms with Gasteiger partial charge in [-0.1, -0.05) is 138 Å². The van der Waals surface area contributed by atoms with Crippen molar-refractivity contribution >= 4 is 34.6 Å². The normalized spacial score (nSPS) is 17.0. The number of allylic oxidation sites excluding steroid dienone is 2. The Labute approximate surface area is 236 Å². The highest BCUT2D eigenvalue weighted by atomic mass is 32.2. The second-order valence-corrected chi connectivity index (χ2v) is 12.0. The summed E-state index contributed by atoms with van der Waals surface area (Å²) in [7, 11) is 0. The van der Waals surface area contributed by atoms with Gasteiger partial charge in [-0.3, -0.25) is 0 Å². The van der Waals surface area contributed by atoms with Gasteiger partial charge in [-0.25, -0.2) is 0 Å². The summed E-state index contributed by atoms with van der Waals surface area (Å²) in [6.45, 7) is 4.54. The lowest BCUT2D eigenvalue weighted by atomic mass is 9.98. The second kappa shape index (κ2) is 16.9. The van der Waals surface area contributed by atoms with E-state index >= 15 is 0 Å². The molecule has 1 aliphatic rings. The van der Waals surface area contributed by atoms with Gasteiger partial charge in [0.25, 0.3) is 0 Å². The molecule has 0 fully saturated rings. The van der Waals surface area contributed by atoms with Crippen LogP contribution in [0.2, 0.25) is 0 Å². The van der Waals surface area contributed by atoms with Crippen LogP contribution < -0.4 is 0 Å². The molecule has 0 heterocycles. The molecule has 0 amide bonds. The Kier molecular flexibility index (Phi) is 13.6. The maximum Gasteiger partial charge on any atom is 0.193 e. The number of hydrogen-bond acceptors (Lipinski definition) is 3. The number of unbranched alkanes of at least 4 members (excludes halogenated alkanes) is 9. The first kappa shape index (κ1) is 29.7. The van der Waals surface area contributed by atoms with Crippen LogP contribution in [0.4, 0.5) is 0 Å². The Morgan fingerprint density at radius 1 is 0.811 bits per heavy atom. The fourth-order valence-electron chi connectivity index (χ4n) is 4.75. The van der Waals surface area contributed by atoms with Crippen molar-refractivity contribution in [2.75, 3.05) is 5.75 Å². The van der Waals surface area contributed by atoms with E-state index in [1.165, 1.54) is 87.3 Å². The van der Waals surface area contributed by atoms with Crippen LogP contribution in [-0.2, 0) is 11.2 Å². The number of thioether (sulfide) groups is 1. The van der Waals surface area contributed by atoms with Crippen molar-refractivity contribution in [2.45, 2.75) is 102 Å². The molecule has 0 bridgehead atoms. The Bertz CT molecular complexity index is 977. The summed E-state index contributed by atoms with van der Waals surface area (Å²) in [6, 6.07) is 19.4. The maximum absolute atomic E-state index is 6.62. The summed E-state index contributed by atoms with van der Waals surface area (Å²) in [5.74, 6) is 1.09. The van der Waals surface area contributed by atoms with Gasteiger partial charge in [0, 0.05) is 12.0 Å². The van der Waals surface area contributed by atoms with E-state index < -0.39 is 4.93 Å². The molecule has 0 N–H and O–H groups in total. The average molecular weight is 535 g/mol. The van der Waals surface area contributed by atoms with Crippen LogP contribution in [0, 0.1) is 0 Å². The lowest BCUT2D eigenvalue weighted by molar-refractivity contribution is 0.211. The zero-order chi connectivity index (χ0) is 26.2. The highest BCUT2D eigenvalue weighted by Crippen LogP contribution is 2.39. The fraction of sp³-hybridized carbons (Fsp3) is 0.500. The number of ether oxygens (including phenoxy) is 1. The first-order valence-electron chi connectivity index (χ1n) is 14.6. The van der Waals surface area contributed by atoms with Crippen molar-refractivity contribution in [3.8, 4) is 0 Å². The van der Waals surface area contributed by atoms with Gasteiger partial charge in [-0.2, -0.15) is 0 Å².